The number of ether oxygens (including phenoxy) is 1. The number of fused-ring (bicyclic) bond motifs is 2. The smallest absolute Gasteiger partial charge is 0.276 e. The molecule has 7 heteroatoms. The maximum atomic E-state index is 10.8. The maximum Gasteiger partial charge on any atom is 0.276 e. The van der Waals surface area contributed by atoms with E-state index in [4.69, 9.17) is 10.5 Å². The second-order valence-corrected chi connectivity index (χ2v) is 4.73. The number of hydrogen-bond donors (Lipinski definition) is 1. The van der Waals surface area contributed by atoms with Gasteiger partial charge in [0.05, 0.1) is 29.3 Å². The lowest BCUT2D eigenvalue weighted by Gasteiger charge is -2.32. The molecule has 2 aliphatic rings. The lowest BCUT2D eigenvalue weighted by atomic mass is 10.2. The first kappa shape index (κ1) is 11.2. The molecule has 1 aromatic heterocycles. The van der Waals surface area contributed by atoms with Crippen LogP contribution in [0.3, 0.4) is 0 Å². The molecular formula is C11H14N4O3. The number of nitro groups is 1. The third-order valence-corrected chi connectivity index (χ3v) is 3.39. The van der Waals surface area contributed by atoms with Crippen molar-refractivity contribution >= 4 is 17.3 Å². The highest BCUT2D eigenvalue weighted by Gasteiger charge is 2.34. The van der Waals surface area contributed by atoms with E-state index in [0.717, 1.165) is 25.9 Å². The third-order valence-electron chi connectivity index (χ3n) is 3.39. The summed E-state index contributed by atoms with van der Waals surface area (Å²) in [5.41, 5.74) is 5.60. The van der Waals surface area contributed by atoms with Gasteiger partial charge in [-0.1, -0.05) is 0 Å². The van der Waals surface area contributed by atoms with Crippen LogP contribution in [0.15, 0.2) is 12.1 Å². The van der Waals surface area contributed by atoms with Crippen molar-refractivity contribution in [3.8, 4) is 0 Å². The highest BCUT2D eigenvalue weighted by atomic mass is 16.6. The highest BCUT2D eigenvalue weighted by Crippen LogP contribution is 2.30. The van der Waals surface area contributed by atoms with Gasteiger partial charge in [0, 0.05) is 13.1 Å². The summed E-state index contributed by atoms with van der Waals surface area (Å²) in [7, 11) is 0. The Kier molecular flexibility index (Phi) is 2.55. The molecule has 18 heavy (non-hydrogen) atoms. The molecule has 96 valence electrons. The van der Waals surface area contributed by atoms with Gasteiger partial charge >= 0.3 is 0 Å². The number of anilines is 2. The Hall–Kier alpha value is -1.89. The first-order valence-electron chi connectivity index (χ1n) is 5.94. The van der Waals surface area contributed by atoms with Crippen molar-refractivity contribution < 1.29 is 9.66 Å². The zero-order chi connectivity index (χ0) is 12.7. The summed E-state index contributed by atoms with van der Waals surface area (Å²) in [6, 6.07) is 2.75. The van der Waals surface area contributed by atoms with E-state index in [1.54, 1.807) is 0 Å². The summed E-state index contributed by atoms with van der Waals surface area (Å²) < 4.78 is 5.72. The first-order chi connectivity index (χ1) is 8.61. The number of pyridine rings is 1. The largest absolute Gasteiger partial charge is 0.383 e. The van der Waals surface area contributed by atoms with Crippen molar-refractivity contribution in [2.45, 2.75) is 25.0 Å². The molecule has 2 atom stereocenters. The van der Waals surface area contributed by atoms with Crippen molar-refractivity contribution in [2.24, 2.45) is 0 Å². The second-order valence-electron chi connectivity index (χ2n) is 4.73. The lowest BCUT2D eigenvalue weighted by molar-refractivity contribution is -0.384. The van der Waals surface area contributed by atoms with Gasteiger partial charge in [0.25, 0.3) is 5.69 Å². The van der Waals surface area contributed by atoms with E-state index in [-0.39, 0.29) is 23.7 Å². The molecular weight excluding hydrogens is 236 g/mol. The van der Waals surface area contributed by atoms with Gasteiger partial charge in [-0.3, -0.25) is 10.1 Å². The average Bonchev–Trinajstić information content (AvgIpc) is 2.67. The monoisotopic (exact) mass is 250 g/mol. The SMILES string of the molecule is Nc1cc([N+](=O)[O-])cc(N2CC3CCC(C2)O3)n1. The van der Waals surface area contributed by atoms with Gasteiger partial charge in [-0.15, -0.1) is 0 Å². The summed E-state index contributed by atoms with van der Waals surface area (Å²) in [5.74, 6) is 0.750. The Balaban J connectivity index is 1.89. The van der Waals surface area contributed by atoms with Crippen LogP contribution in [0, 0.1) is 10.1 Å². The molecule has 0 saturated carbocycles. The molecule has 0 amide bonds. The minimum Gasteiger partial charge on any atom is -0.383 e. The van der Waals surface area contributed by atoms with Crippen molar-refractivity contribution in [1.82, 2.24) is 4.98 Å². The molecule has 0 aromatic carbocycles. The van der Waals surface area contributed by atoms with Crippen LogP contribution in [0.4, 0.5) is 17.3 Å². The van der Waals surface area contributed by atoms with E-state index in [9.17, 15) is 10.1 Å². The van der Waals surface area contributed by atoms with Gasteiger partial charge in [-0.05, 0) is 12.8 Å². The molecule has 1 aromatic rings. The molecule has 2 unspecified atom stereocenters. The van der Waals surface area contributed by atoms with Gasteiger partial charge in [0.15, 0.2) is 0 Å². The van der Waals surface area contributed by atoms with Crippen LogP contribution in [0.5, 0.6) is 0 Å². The van der Waals surface area contributed by atoms with E-state index < -0.39 is 4.92 Å². The number of aromatic nitrogens is 1. The van der Waals surface area contributed by atoms with Crippen LogP contribution in [0.1, 0.15) is 12.8 Å². The quantitative estimate of drug-likeness (QED) is 0.620. The van der Waals surface area contributed by atoms with Gasteiger partial charge in [-0.2, -0.15) is 0 Å². The van der Waals surface area contributed by atoms with Gasteiger partial charge in [0.1, 0.15) is 11.6 Å². The molecule has 2 fully saturated rings. The zero-order valence-electron chi connectivity index (χ0n) is 9.78. The maximum absolute atomic E-state index is 10.8. The number of rotatable bonds is 2. The predicted octanol–water partition coefficient (Wildman–Crippen LogP) is 0.940. The molecule has 7 nitrogen and oxygen atoms in total. The molecule has 0 spiro atoms. The summed E-state index contributed by atoms with van der Waals surface area (Å²) in [5, 5.41) is 10.8. The molecule has 2 aliphatic heterocycles. The standard InChI is InChI=1S/C11H14N4O3/c12-10-3-7(15(16)17)4-11(13-10)14-5-8-1-2-9(6-14)18-8/h3-4,8-9H,1-2,5-6H2,(H2,12,13). The van der Waals surface area contributed by atoms with Crippen LogP contribution in [-0.2, 0) is 4.74 Å². The van der Waals surface area contributed by atoms with Crippen LogP contribution in [0.25, 0.3) is 0 Å². The summed E-state index contributed by atoms with van der Waals surface area (Å²) in [6.45, 7) is 1.45. The summed E-state index contributed by atoms with van der Waals surface area (Å²) in [4.78, 5) is 16.6. The summed E-state index contributed by atoms with van der Waals surface area (Å²) >= 11 is 0. The zero-order valence-corrected chi connectivity index (χ0v) is 9.78. The van der Waals surface area contributed by atoms with E-state index in [0.29, 0.717) is 5.82 Å². The fraction of sp³-hybridized carbons (Fsp3) is 0.545. The minimum absolute atomic E-state index is 0.0173. The normalized spacial score (nSPS) is 26.3. The molecule has 2 saturated heterocycles. The van der Waals surface area contributed by atoms with E-state index in [2.05, 4.69) is 4.98 Å². The Bertz CT molecular complexity index is 481. The van der Waals surface area contributed by atoms with Gasteiger partial charge in [-0.25, -0.2) is 4.98 Å². The first-order valence-corrected chi connectivity index (χ1v) is 5.94. The lowest BCUT2D eigenvalue weighted by Crippen LogP contribution is -2.43. The molecule has 0 aliphatic carbocycles. The van der Waals surface area contributed by atoms with Crippen molar-refractivity contribution in [3.05, 3.63) is 22.2 Å². The average molecular weight is 250 g/mol. The van der Waals surface area contributed by atoms with Crippen molar-refractivity contribution in [3.63, 3.8) is 0 Å². The van der Waals surface area contributed by atoms with E-state index in [1.165, 1.54) is 12.1 Å². The minimum atomic E-state index is -0.448. The Morgan fingerprint density at radius 3 is 2.67 bits per heavy atom. The van der Waals surface area contributed by atoms with Crippen molar-refractivity contribution in [1.29, 1.82) is 0 Å². The fourth-order valence-corrected chi connectivity index (χ4v) is 2.59. The number of nitrogens with zero attached hydrogens (tertiary/aromatic N) is 3. The molecule has 2 N–H and O–H groups in total. The fourth-order valence-electron chi connectivity index (χ4n) is 2.59. The second kappa shape index (κ2) is 4.09. The van der Waals surface area contributed by atoms with Gasteiger partial charge in [0.2, 0.25) is 0 Å². The summed E-state index contributed by atoms with van der Waals surface area (Å²) in [6.07, 6.45) is 2.52. The topological polar surface area (TPSA) is 94.5 Å². The molecule has 3 heterocycles. The van der Waals surface area contributed by atoms with Crippen LogP contribution in [0.2, 0.25) is 0 Å². The molecule has 2 bridgehead atoms. The van der Waals surface area contributed by atoms with Crippen molar-refractivity contribution in [2.75, 3.05) is 23.7 Å². The Morgan fingerprint density at radius 2 is 2.06 bits per heavy atom. The van der Waals surface area contributed by atoms with E-state index in [1.807, 2.05) is 4.90 Å². The van der Waals surface area contributed by atoms with Crippen LogP contribution < -0.4 is 10.6 Å². The number of nitrogen functional groups attached to an aromatic ring is 1. The van der Waals surface area contributed by atoms with Gasteiger partial charge < -0.3 is 15.4 Å². The number of hydrogen-bond acceptors (Lipinski definition) is 6. The van der Waals surface area contributed by atoms with E-state index >= 15 is 0 Å². The third kappa shape index (κ3) is 1.97. The highest BCUT2D eigenvalue weighted by molar-refractivity contribution is 5.54. The van der Waals surface area contributed by atoms with Crippen LogP contribution >= 0.6 is 0 Å². The predicted molar refractivity (Wildman–Crippen MR) is 65.4 cm³/mol. The molecule has 0 radical (unpaired) electrons. The van der Waals surface area contributed by atoms with Crippen LogP contribution in [-0.4, -0.2) is 35.2 Å². The number of morpholine rings is 1. The Labute approximate surface area is 104 Å². The Morgan fingerprint density at radius 1 is 1.39 bits per heavy atom. The molecule has 3 rings (SSSR count). The number of nitrogens with two attached hydrogens (primary N) is 1.